The molecule has 3 heterocycles. The highest BCUT2D eigenvalue weighted by atomic mass is 35.5. The van der Waals surface area contributed by atoms with Gasteiger partial charge < -0.3 is 53.8 Å². The standard InChI is InChI=1S/C63H80Cl2N8O12/c1-38(2)85-51-32-47(80-8)18-19-48(51)60-67-55(42-10-14-44(64)15-11-42)56(43-12-16-45(65)17-13-43)73(60)61(78)71-23-22-70(53(75)36-71)35-52(74)66-21-25-81-27-29-83-30-28-82-26-24-72-34-46(68-69-72)37-84-58-39(3)9-20-49-50(62(49,6)7)31-40(4)59(77)63(79)33-41(5)57(76)54(58)63/h10-19,31-32,34,38,41,49-50,54-58,76,79H,3,9,20-30,33,35-37H2,1-2,4-8H3,(H,66,74)/b40-31+/t41-,49-,50+,54+,55+,56-,57-,58-,63+/m0/s1. The van der Waals surface area contributed by atoms with E-state index >= 15 is 4.79 Å². The number of amidine groups is 1. The Kier molecular flexibility index (Phi) is 20.6. The first-order valence-corrected chi connectivity index (χ1v) is 30.1. The Morgan fingerprint density at radius 1 is 0.918 bits per heavy atom. The summed E-state index contributed by atoms with van der Waals surface area (Å²) in [6.45, 7) is 18.6. The van der Waals surface area contributed by atoms with Crippen LogP contribution in [0.25, 0.3) is 0 Å². The summed E-state index contributed by atoms with van der Waals surface area (Å²) >= 11 is 12.7. The molecule has 3 N–H and O–H groups in total. The maximum atomic E-state index is 15.1. The third-order valence-corrected chi connectivity index (χ3v) is 17.7. The van der Waals surface area contributed by atoms with E-state index in [-0.39, 0.29) is 93.3 Å². The molecular formula is C63H80Cl2N8O12. The van der Waals surface area contributed by atoms with Crippen LogP contribution in [0.15, 0.2) is 102 Å². The van der Waals surface area contributed by atoms with Crippen LogP contribution in [0.1, 0.15) is 95.3 Å². The fraction of sp³-hybridized carbons (Fsp3) is 0.540. The first-order valence-electron chi connectivity index (χ1n) is 29.3. The molecule has 85 heavy (non-hydrogen) atoms. The number of nitrogens with zero attached hydrogens (tertiary/aromatic N) is 7. The summed E-state index contributed by atoms with van der Waals surface area (Å²) in [6.07, 6.45) is 3.49. The number of amides is 4. The van der Waals surface area contributed by atoms with E-state index in [1.807, 2.05) is 57.2 Å². The molecule has 9 atom stereocenters. The third kappa shape index (κ3) is 14.6. The van der Waals surface area contributed by atoms with Crippen LogP contribution in [0, 0.1) is 29.1 Å². The molecule has 9 rings (SSSR count). The molecule has 0 unspecified atom stereocenters. The van der Waals surface area contributed by atoms with Crippen molar-refractivity contribution in [3.05, 3.63) is 129 Å². The van der Waals surface area contributed by atoms with Crippen LogP contribution in [0.5, 0.6) is 11.5 Å². The zero-order valence-corrected chi connectivity index (χ0v) is 51.1. The Bertz CT molecular complexity index is 3100. The van der Waals surface area contributed by atoms with Crippen molar-refractivity contribution in [1.29, 1.82) is 0 Å². The molecule has 1 saturated heterocycles. The van der Waals surface area contributed by atoms with E-state index in [4.69, 9.17) is 56.6 Å². The van der Waals surface area contributed by atoms with Gasteiger partial charge in [0, 0.05) is 35.7 Å². The number of hydrogen-bond acceptors (Lipinski definition) is 15. The third-order valence-electron chi connectivity index (χ3n) is 17.1. The number of methoxy groups -OCH3 is 1. The number of carbonyl (C=O) groups excluding carboxylic acids is 4. The number of nitrogens with one attached hydrogen (secondary N) is 1. The summed E-state index contributed by atoms with van der Waals surface area (Å²) in [5, 5.41) is 35.9. The number of benzene rings is 3. The molecule has 1 aromatic heterocycles. The van der Waals surface area contributed by atoms with E-state index in [1.165, 1.54) is 9.80 Å². The zero-order chi connectivity index (χ0) is 60.7. The molecule has 5 aliphatic rings. The normalized spacial score (nSPS) is 26.4. The number of aliphatic hydroxyl groups is 2. The van der Waals surface area contributed by atoms with Crippen molar-refractivity contribution in [2.45, 2.75) is 110 Å². The Balaban J connectivity index is 0.685. The maximum absolute atomic E-state index is 15.1. The van der Waals surface area contributed by atoms with E-state index in [0.717, 1.165) is 23.1 Å². The molecule has 0 spiro atoms. The first kappa shape index (κ1) is 63.3. The lowest BCUT2D eigenvalue weighted by Gasteiger charge is -2.38. The number of allylic oxidation sites excluding steroid dienone is 1. The van der Waals surface area contributed by atoms with E-state index in [2.05, 4.69) is 36.1 Å². The fourth-order valence-electron chi connectivity index (χ4n) is 12.5. The van der Waals surface area contributed by atoms with Crippen LogP contribution in [-0.2, 0) is 46.5 Å². The Hall–Kier alpha value is -6.23. The largest absolute Gasteiger partial charge is 0.497 e. The fourth-order valence-corrected chi connectivity index (χ4v) is 12.7. The van der Waals surface area contributed by atoms with Crippen molar-refractivity contribution >= 4 is 52.7 Å². The molecular weight excluding hydrogens is 1130 g/mol. The van der Waals surface area contributed by atoms with Gasteiger partial charge in [0.25, 0.3) is 0 Å². The SMILES string of the molecule is C=C1CC[C@H]2[C@@H](/C=C(\C)C(=O)[C@@]3(O)C[C@H](C)[C@H](O)[C@@H]3[C@H]1OCc1cn(CCOCCOCCOCCNC(=O)CN3CCN(C(=O)N4C(c5ccc(OC)cc5OC(C)C)=N[C@H](c5ccc(Cl)cc5)[C@@H]4c4ccc(Cl)cc4)CC3=O)nn1)C2(C)C. The molecule has 2 saturated carbocycles. The summed E-state index contributed by atoms with van der Waals surface area (Å²) in [7, 11) is 1.57. The predicted octanol–water partition coefficient (Wildman–Crippen LogP) is 7.83. The number of aliphatic hydroxyl groups excluding tert-OH is 1. The van der Waals surface area contributed by atoms with Crippen molar-refractivity contribution in [1.82, 2.24) is 35.0 Å². The van der Waals surface area contributed by atoms with Gasteiger partial charge in [0.15, 0.2) is 5.78 Å². The molecule has 3 aliphatic carbocycles. The van der Waals surface area contributed by atoms with Crippen molar-refractivity contribution in [3.63, 3.8) is 0 Å². The second kappa shape index (κ2) is 27.6. The minimum absolute atomic E-state index is 0.0475. The van der Waals surface area contributed by atoms with E-state index in [0.29, 0.717) is 96.1 Å². The van der Waals surface area contributed by atoms with Gasteiger partial charge in [-0.25, -0.2) is 9.48 Å². The van der Waals surface area contributed by atoms with Gasteiger partial charge >= 0.3 is 6.03 Å². The van der Waals surface area contributed by atoms with Crippen molar-refractivity contribution in [2.75, 3.05) is 79.5 Å². The van der Waals surface area contributed by atoms with E-state index in [1.54, 1.807) is 66.2 Å². The number of rotatable bonds is 23. The van der Waals surface area contributed by atoms with Gasteiger partial charge in [0.1, 0.15) is 41.2 Å². The molecule has 3 fully saturated rings. The topological polar surface area (TPSA) is 229 Å². The average Bonchev–Trinajstić information content (AvgIpc) is 1.84. The number of ether oxygens (including phenoxy) is 6. The lowest BCUT2D eigenvalue weighted by atomic mass is 9.77. The summed E-state index contributed by atoms with van der Waals surface area (Å²) in [4.78, 5) is 65.7. The molecule has 458 valence electrons. The summed E-state index contributed by atoms with van der Waals surface area (Å²) in [5.74, 6) is -0.284. The number of aliphatic imine (C=N–C) groups is 1. The van der Waals surface area contributed by atoms with E-state index < -0.39 is 41.8 Å². The van der Waals surface area contributed by atoms with Gasteiger partial charge in [-0.15, -0.1) is 5.10 Å². The minimum Gasteiger partial charge on any atom is -0.497 e. The molecule has 0 bridgehead atoms. The highest BCUT2D eigenvalue weighted by molar-refractivity contribution is 6.30. The van der Waals surface area contributed by atoms with Gasteiger partial charge in [-0.1, -0.05) is 86.1 Å². The quantitative estimate of drug-likeness (QED) is 0.0475. The van der Waals surface area contributed by atoms with E-state index in [9.17, 15) is 24.6 Å². The lowest BCUT2D eigenvalue weighted by molar-refractivity contribution is -0.148. The zero-order valence-electron chi connectivity index (χ0n) is 49.6. The van der Waals surface area contributed by atoms with Gasteiger partial charge in [0.05, 0.1) is 108 Å². The second-order valence-electron chi connectivity index (χ2n) is 23.7. The van der Waals surface area contributed by atoms with Crippen LogP contribution in [-0.4, -0.2) is 173 Å². The molecule has 4 aromatic rings. The molecule has 22 heteroatoms. The van der Waals surface area contributed by atoms with Crippen molar-refractivity contribution in [3.8, 4) is 11.5 Å². The number of piperazine rings is 1. The highest BCUT2D eigenvalue weighted by Gasteiger charge is 2.61. The van der Waals surface area contributed by atoms with Gasteiger partial charge in [0.2, 0.25) is 11.8 Å². The van der Waals surface area contributed by atoms with Crippen molar-refractivity contribution < 1.29 is 57.8 Å². The molecule has 4 amide bonds. The Morgan fingerprint density at radius 3 is 2.26 bits per heavy atom. The van der Waals surface area contributed by atoms with Crippen LogP contribution >= 0.6 is 23.2 Å². The van der Waals surface area contributed by atoms with Crippen LogP contribution < -0.4 is 14.8 Å². The minimum atomic E-state index is -1.79. The number of carbonyl (C=O) groups is 4. The number of ketones is 1. The predicted molar refractivity (Wildman–Crippen MR) is 319 cm³/mol. The summed E-state index contributed by atoms with van der Waals surface area (Å²) in [6, 6.07) is 18.3. The number of urea groups is 1. The second-order valence-corrected chi connectivity index (χ2v) is 24.6. The Labute approximate surface area is 507 Å². The number of fused-ring (bicyclic) bond motifs is 2. The van der Waals surface area contributed by atoms with Crippen molar-refractivity contribution in [2.24, 2.45) is 34.1 Å². The number of halogens is 2. The number of Topliss-reactive ketones (excluding diaryl/α,β-unsaturated/α-hetero) is 1. The number of aromatic nitrogens is 3. The molecule has 3 aromatic carbocycles. The highest BCUT2D eigenvalue weighted by Crippen LogP contribution is 2.62. The van der Waals surface area contributed by atoms with Crippen LogP contribution in [0.2, 0.25) is 10.0 Å². The summed E-state index contributed by atoms with van der Waals surface area (Å²) < 4.78 is 37.0. The molecule has 2 aliphatic heterocycles. The lowest BCUT2D eigenvalue weighted by Crippen LogP contribution is -2.57. The summed E-state index contributed by atoms with van der Waals surface area (Å²) in [5.41, 5.74) is 2.23. The van der Waals surface area contributed by atoms with Gasteiger partial charge in [-0.2, -0.15) is 0 Å². The average molecular weight is 1210 g/mol. The van der Waals surface area contributed by atoms with Gasteiger partial charge in [-0.3, -0.25) is 24.3 Å². The van der Waals surface area contributed by atoms with Crippen LogP contribution in [0.4, 0.5) is 4.79 Å². The number of hydrogen-bond donors (Lipinski definition) is 3. The maximum Gasteiger partial charge on any atom is 0.326 e. The smallest absolute Gasteiger partial charge is 0.326 e. The van der Waals surface area contributed by atoms with Gasteiger partial charge in [-0.05, 0) is 122 Å². The Morgan fingerprint density at radius 2 is 1.59 bits per heavy atom. The first-order chi connectivity index (χ1) is 40.7. The molecule has 0 radical (unpaired) electrons. The monoisotopic (exact) mass is 1210 g/mol. The van der Waals surface area contributed by atoms with Crippen LogP contribution in [0.3, 0.4) is 0 Å². The molecule has 20 nitrogen and oxygen atoms in total.